The number of allylic oxidation sites excluding steroid dienone is 1. The molecule has 1 aromatic heterocycles. The van der Waals surface area contributed by atoms with E-state index in [-0.39, 0.29) is 0 Å². The van der Waals surface area contributed by atoms with Gasteiger partial charge in [-0.15, -0.1) is 0 Å². The third kappa shape index (κ3) is 1.63. The van der Waals surface area contributed by atoms with Crippen LogP contribution in [0.2, 0.25) is 0 Å². The number of anilines is 1. The van der Waals surface area contributed by atoms with Gasteiger partial charge < -0.3 is 5.73 Å². The number of nitrogen functional groups attached to an aromatic ring is 1. The van der Waals surface area contributed by atoms with Gasteiger partial charge in [-0.3, -0.25) is 0 Å². The average Bonchev–Trinajstić information content (AvgIpc) is 2.45. The van der Waals surface area contributed by atoms with Crippen molar-refractivity contribution in [3.63, 3.8) is 0 Å². The van der Waals surface area contributed by atoms with Gasteiger partial charge in [-0.25, -0.2) is 9.98 Å². The Balaban J connectivity index is 2.39. The molecule has 1 aliphatic heterocycles. The van der Waals surface area contributed by atoms with Crippen LogP contribution in [0.15, 0.2) is 28.3 Å². The van der Waals surface area contributed by atoms with Crippen LogP contribution in [0.3, 0.4) is 0 Å². The van der Waals surface area contributed by atoms with Crippen molar-refractivity contribution in [3.05, 3.63) is 29.0 Å². The van der Waals surface area contributed by atoms with E-state index < -0.39 is 0 Å². The molecule has 0 amide bonds. The summed E-state index contributed by atoms with van der Waals surface area (Å²) < 4.78 is 0. The molecular formula is C10H10ClN3. The molecule has 1 aliphatic rings. The number of halogens is 1. The fraction of sp³-hybridized carbons (Fsp3) is 0.200. The minimum absolute atomic E-state index is 0.504. The molecule has 0 spiro atoms. The highest BCUT2D eigenvalue weighted by Crippen LogP contribution is 2.30. The van der Waals surface area contributed by atoms with E-state index in [1.165, 1.54) is 0 Å². The fourth-order valence-corrected chi connectivity index (χ4v) is 1.73. The molecule has 0 unspecified atom stereocenters. The first-order valence-corrected chi connectivity index (χ1v) is 4.70. The predicted octanol–water partition coefficient (Wildman–Crippen LogP) is 2.44. The lowest BCUT2D eigenvalue weighted by atomic mass is 10.1. The van der Waals surface area contributed by atoms with Crippen LogP contribution < -0.4 is 5.73 Å². The van der Waals surface area contributed by atoms with E-state index in [0.29, 0.717) is 11.0 Å². The zero-order valence-corrected chi connectivity index (χ0v) is 8.54. The van der Waals surface area contributed by atoms with Gasteiger partial charge in [-0.2, -0.15) is 0 Å². The van der Waals surface area contributed by atoms with Crippen molar-refractivity contribution in [2.24, 2.45) is 4.99 Å². The number of hydrogen-bond acceptors (Lipinski definition) is 3. The minimum Gasteiger partial charge on any atom is -0.384 e. The number of hydrogen-bond donors (Lipinski definition) is 1. The monoisotopic (exact) mass is 207 g/mol. The Morgan fingerprint density at radius 3 is 2.79 bits per heavy atom. The van der Waals surface area contributed by atoms with E-state index in [4.69, 9.17) is 17.3 Å². The molecule has 1 aromatic rings. The van der Waals surface area contributed by atoms with E-state index >= 15 is 0 Å². The van der Waals surface area contributed by atoms with Crippen LogP contribution >= 0.6 is 11.6 Å². The summed E-state index contributed by atoms with van der Waals surface area (Å²) in [6, 6.07) is 5.51. The average molecular weight is 208 g/mol. The Hall–Kier alpha value is -1.35. The highest BCUT2D eigenvalue weighted by molar-refractivity contribution is 6.34. The van der Waals surface area contributed by atoms with Gasteiger partial charge in [0.1, 0.15) is 11.0 Å². The first-order valence-electron chi connectivity index (χ1n) is 4.32. The Bertz CT molecular complexity index is 435. The molecule has 14 heavy (non-hydrogen) atoms. The fourth-order valence-electron chi connectivity index (χ4n) is 1.42. The summed E-state index contributed by atoms with van der Waals surface area (Å²) in [6.07, 6.45) is 0.759. The van der Waals surface area contributed by atoms with Gasteiger partial charge in [-0.05, 0) is 19.1 Å². The van der Waals surface area contributed by atoms with Crippen LogP contribution in [-0.4, -0.2) is 10.7 Å². The maximum Gasteiger partial charge on any atom is 0.134 e. The summed E-state index contributed by atoms with van der Waals surface area (Å²) >= 11 is 5.97. The highest BCUT2D eigenvalue weighted by Gasteiger charge is 2.16. The van der Waals surface area contributed by atoms with Crippen molar-refractivity contribution < 1.29 is 0 Å². The van der Waals surface area contributed by atoms with E-state index in [9.17, 15) is 0 Å². The van der Waals surface area contributed by atoms with E-state index in [1.807, 2.05) is 19.1 Å². The summed E-state index contributed by atoms with van der Waals surface area (Å²) in [6.45, 7) is 1.95. The van der Waals surface area contributed by atoms with Gasteiger partial charge in [0.15, 0.2) is 0 Å². The second-order valence-electron chi connectivity index (χ2n) is 3.24. The standard InChI is InChI=1S/C10H10ClN3/c1-6-5-7(10(11)13-6)8-3-2-4-9(12)14-8/h2-4H,5H2,1H3,(H2,12,14). The molecule has 0 aliphatic carbocycles. The number of aliphatic imine (C=N–C) groups is 1. The molecule has 72 valence electrons. The lowest BCUT2D eigenvalue weighted by Gasteiger charge is -2.02. The molecule has 0 fully saturated rings. The number of pyridine rings is 1. The molecule has 0 bridgehead atoms. The van der Waals surface area contributed by atoms with Crippen LogP contribution in [0.25, 0.3) is 5.57 Å². The molecule has 0 saturated carbocycles. The third-order valence-electron chi connectivity index (χ3n) is 2.05. The summed E-state index contributed by atoms with van der Waals surface area (Å²) in [5.74, 6) is 0.504. The number of aromatic nitrogens is 1. The van der Waals surface area contributed by atoms with E-state index in [1.54, 1.807) is 6.07 Å². The molecule has 2 heterocycles. The van der Waals surface area contributed by atoms with Crippen LogP contribution in [0.4, 0.5) is 5.82 Å². The Morgan fingerprint density at radius 2 is 2.21 bits per heavy atom. The third-order valence-corrected chi connectivity index (χ3v) is 2.36. The molecule has 0 atom stereocenters. The van der Waals surface area contributed by atoms with Gasteiger partial charge in [-0.1, -0.05) is 17.7 Å². The van der Waals surface area contributed by atoms with Crippen molar-refractivity contribution in [3.8, 4) is 0 Å². The topological polar surface area (TPSA) is 51.3 Å². The quantitative estimate of drug-likeness (QED) is 0.720. The summed E-state index contributed by atoms with van der Waals surface area (Å²) in [7, 11) is 0. The van der Waals surface area contributed by atoms with Crippen molar-refractivity contribution in [1.29, 1.82) is 0 Å². The maximum atomic E-state index is 5.97. The van der Waals surface area contributed by atoms with Gasteiger partial charge in [0.25, 0.3) is 0 Å². The zero-order valence-electron chi connectivity index (χ0n) is 7.79. The number of rotatable bonds is 1. The molecule has 4 heteroatoms. The summed E-state index contributed by atoms with van der Waals surface area (Å²) in [5.41, 5.74) is 8.37. The van der Waals surface area contributed by atoms with Crippen LogP contribution in [-0.2, 0) is 0 Å². The summed E-state index contributed by atoms with van der Waals surface area (Å²) in [5, 5.41) is 0.528. The van der Waals surface area contributed by atoms with Crippen molar-refractivity contribution in [2.75, 3.05) is 5.73 Å². The van der Waals surface area contributed by atoms with Gasteiger partial charge in [0.05, 0.1) is 5.69 Å². The van der Waals surface area contributed by atoms with Gasteiger partial charge >= 0.3 is 0 Å². The van der Waals surface area contributed by atoms with E-state index in [0.717, 1.165) is 23.4 Å². The molecule has 0 radical (unpaired) electrons. The second kappa shape index (κ2) is 3.42. The smallest absolute Gasteiger partial charge is 0.134 e. The second-order valence-corrected chi connectivity index (χ2v) is 3.60. The predicted molar refractivity (Wildman–Crippen MR) is 59.1 cm³/mol. The van der Waals surface area contributed by atoms with Crippen molar-refractivity contribution >= 4 is 28.7 Å². The van der Waals surface area contributed by atoms with Gasteiger partial charge in [0, 0.05) is 17.7 Å². The van der Waals surface area contributed by atoms with Crippen molar-refractivity contribution in [2.45, 2.75) is 13.3 Å². The maximum absolute atomic E-state index is 5.97. The lowest BCUT2D eigenvalue weighted by molar-refractivity contribution is 1.26. The first kappa shape index (κ1) is 9.21. The SMILES string of the molecule is CC1=NC(Cl)=C(c2cccc(N)n2)C1. The Labute approximate surface area is 87.3 Å². The molecule has 0 saturated heterocycles. The van der Waals surface area contributed by atoms with Gasteiger partial charge in [0.2, 0.25) is 0 Å². The lowest BCUT2D eigenvalue weighted by Crippen LogP contribution is -1.95. The normalized spacial score (nSPS) is 16.0. The summed E-state index contributed by atoms with van der Waals surface area (Å²) in [4.78, 5) is 8.36. The van der Waals surface area contributed by atoms with Crippen LogP contribution in [0.5, 0.6) is 0 Å². The molecule has 2 rings (SSSR count). The molecule has 3 nitrogen and oxygen atoms in total. The Morgan fingerprint density at radius 1 is 1.43 bits per heavy atom. The largest absolute Gasteiger partial charge is 0.384 e. The highest BCUT2D eigenvalue weighted by atomic mass is 35.5. The zero-order chi connectivity index (χ0) is 10.1. The van der Waals surface area contributed by atoms with E-state index in [2.05, 4.69) is 9.98 Å². The number of nitrogens with zero attached hydrogens (tertiary/aromatic N) is 2. The van der Waals surface area contributed by atoms with Crippen LogP contribution in [0, 0.1) is 0 Å². The van der Waals surface area contributed by atoms with Crippen LogP contribution in [0.1, 0.15) is 19.0 Å². The number of nitrogens with two attached hydrogens (primary N) is 1. The first-order chi connectivity index (χ1) is 6.66. The molecule has 0 aromatic carbocycles. The molecular weight excluding hydrogens is 198 g/mol. The minimum atomic E-state index is 0.504. The van der Waals surface area contributed by atoms with Crippen molar-refractivity contribution in [1.82, 2.24) is 4.98 Å². The molecule has 2 N–H and O–H groups in total. The Kier molecular flexibility index (Phi) is 2.25.